The van der Waals surface area contributed by atoms with E-state index in [4.69, 9.17) is 5.73 Å². The van der Waals surface area contributed by atoms with Gasteiger partial charge in [-0.05, 0) is 37.1 Å². The van der Waals surface area contributed by atoms with E-state index in [1.165, 1.54) is 13.0 Å². The molecule has 0 unspecified atom stereocenters. The maximum Gasteiger partial charge on any atom is 0.416 e. The van der Waals surface area contributed by atoms with E-state index in [1.807, 2.05) is 0 Å². The lowest BCUT2D eigenvalue weighted by Crippen LogP contribution is -2.14. The summed E-state index contributed by atoms with van der Waals surface area (Å²) in [5.41, 5.74) is 4.11. The van der Waals surface area contributed by atoms with Crippen molar-refractivity contribution in [1.29, 1.82) is 0 Å². The number of alkyl halides is 3. The van der Waals surface area contributed by atoms with Crippen LogP contribution in [0.15, 0.2) is 18.2 Å². The Morgan fingerprint density at radius 1 is 1.22 bits per heavy atom. The number of halogens is 3. The van der Waals surface area contributed by atoms with Crippen LogP contribution in [0.4, 0.5) is 13.2 Å². The van der Waals surface area contributed by atoms with E-state index in [2.05, 4.69) is 0 Å². The summed E-state index contributed by atoms with van der Waals surface area (Å²) < 4.78 is 37.8. The molecule has 18 heavy (non-hydrogen) atoms. The van der Waals surface area contributed by atoms with Crippen LogP contribution in [0.1, 0.15) is 34.8 Å². The maximum absolute atomic E-state index is 12.6. The van der Waals surface area contributed by atoms with E-state index in [0.29, 0.717) is 6.07 Å². The molecule has 1 aromatic rings. The molecule has 0 spiro atoms. The van der Waals surface area contributed by atoms with Crippen molar-refractivity contribution in [2.45, 2.75) is 25.9 Å². The van der Waals surface area contributed by atoms with Gasteiger partial charge in [-0.1, -0.05) is 0 Å². The molecule has 0 atom stereocenters. The first kappa shape index (κ1) is 14.2. The van der Waals surface area contributed by atoms with Gasteiger partial charge in [-0.25, -0.2) is 0 Å². The van der Waals surface area contributed by atoms with Crippen molar-refractivity contribution in [2.75, 3.05) is 0 Å². The summed E-state index contributed by atoms with van der Waals surface area (Å²) in [6.07, 6.45) is -4.27. The normalized spacial score (nSPS) is 11.3. The largest absolute Gasteiger partial charge is 0.416 e. The third kappa shape index (κ3) is 3.87. The predicted octanol–water partition coefficient (Wildman–Crippen LogP) is 2.33. The number of Topliss-reactive ketones (excluding diaryl/α,β-unsaturated/α-hetero) is 1. The van der Waals surface area contributed by atoms with Gasteiger partial charge >= 0.3 is 6.18 Å². The van der Waals surface area contributed by atoms with E-state index in [9.17, 15) is 22.8 Å². The molecule has 0 aromatic heterocycles. The third-order valence-corrected chi connectivity index (χ3v) is 2.37. The second kappa shape index (κ2) is 5.20. The summed E-state index contributed by atoms with van der Waals surface area (Å²) in [7, 11) is 0. The molecule has 1 amide bonds. The SMILES string of the molecule is CC(=O)CCc1cc(C(N)=O)cc(C(F)(F)F)c1. The van der Waals surface area contributed by atoms with E-state index in [1.54, 1.807) is 0 Å². The fourth-order valence-electron chi connectivity index (χ4n) is 1.46. The van der Waals surface area contributed by atoms with Crippen LogP contribution in [0.25, 0.3) is 0 Å². The molecule has 98 valence electrons. The van der Waals surface area contributed by atoms with Crippen molar-refractivity contribution in [3.8, 4) is 0 Å². The Kier molecular flexibility index (Phi) is 4.11. The van der Waals surface area contributed by atoms with Crippen LogP contribution in [-0.2, 0) is 17.4 Å². The molecule has 0 bridgehead atoms. The van der Waals surface area contributed by atoms with Crippen LogP contribution in [0, 0.1) is 0 Å². The van der Waals surface area contributed by atoms with Gasteiger partial charge in [-0.3, -0.25) is 4.79 Å². The van der Waals surface area contributed by atoms with Gasteiger partial charge in [0.1, 0.15) is 5.78 Å². The topological polar surface area (TPSA) is 60.2 Å². The number of rotatable bonds is 4. The van der Waals surface area contributed by atoms with Crippen molar-refractivity contribution in [1.82, 2.24) is 0 Å². The molecule has 3 nitrogen and oxygen atoms in total. The van der Waals surface area contributed by atoms with E-state index in [0.717, 1.165) is 6.07 Å². The third-order valence-electron chi connectivity index (χ3n) is 2.37. The summed E-state index contributed by atoms with van der Waals surface area (Å²) in [5, 5.41) is 0. The lowest BCUT2D eigenvalue weighted by Gasteiger charge is -2.10. The molecule has 0 heterocycles. The Morgan fingerprint density at radius 3 is 2.28 bits per heavy atom. The average Bonchev–Trinajstić information content (AvgIpc) is 2.24. The highest BCUT2D eigenvalue weighted by atomic mass is 19.4. The van der Waals surface area contributed by atoms with Crippen molar-refractivity contribution in [3.05, 3.63) is 34.9 Å². The van der Waals surface area contributed by atoms with Gasteiger partial charge in [0.25, 0.3) is 0 Å². The number of nitrogens with two attached hydrogens (primary N) is 1. The molecular weight excluding hydrogens is 247 g/mol. The van der Waals surface area contributed by atoms with Gasteiger partial charge in [0.15, 0.2) is 0 Å². The summed E-state index contributed by atoms with van der Waals surface area (Å²) in [4.78, 5) is 21.8. The predicted molar refractivity (Wildman–Crippen MR) is 59.0 cm³/mol. The highest BCUT2D eigenvalue weighted by molar-refractivity contribution is 5.93. The molecule has 0 saturated carbocycles. The molecular formula is C12H12F3NO2. The number of amides is 1. The Morgan fingerprint density at radius 2 is 1.83 bits per heavy atom. The Bertz CT molecular complexity index is 481. The van der Waals surface area contributed by atoms with Crippen LogP contribution >= 0.6 is 0 Å². The average molecular weight is 259 g/mol. The first-order valence-corrected chi connectivity index (χ1v) is 5.20. The van der Waals surface area contributed by atoms with Crippen LogP contribution in [0.2, 0.25) is 0 Å². The van der Waals surface area contributed by atoms with E-state index < -0.39 is 17.6 Å². The Hall–Kier alpha value is -1.85. The number of hydrogen-bond donors (Lipinski definition) is 1. The van der Waals surface area contributed by atoms with E-state index >= 15 is 0 Å². The zero-order chi connectivity index (χ0) is 13.9. The summed E-state index contributed by atoms with van der Waals surface area (Å²) in [5.74, 6) is -1.06. The first-order valence-electron chi connectivity index (χ1n) is 5.20. The zero-order valence-corrected chi connectivity index (χ0v) is 9.67. The highest BCUT2D eigenvalue weighted by Crippen LogP contribution is 2.30. The van der Waals surface area contributed by atoms with Crippen molar-refractivity contribution >= 4 is 11.7 Å². The maximum atomic E-state index is 12.6. The van der Waals surface area contributed by atoms with E-state index in [-0.39, 0.29) is 29.8 Å². The quantitative estimate of drug-likeness (QED) is 0.902. The number of hydrogen-bond acceptors (Lipinski definition) is 2. The summed E-state index contributed by atoms with van der Waals surface area (Å²) in [6, 6.07) is 2.91. The van der Waals surface area contributed by atoms with Crippen molar-refractivity contribution in [3.63, 3.8) is 0 Å². The number of aryl methyl sites for hydroxylation is 1. The molecule has 0 aliphatic carbocycles. The smallest absolute Gasteiger partial charge is 0.366 e. The zero-order valence-electron chi connectivity index (χ0n) is 9.67. The molecule has 0 radical (unpaired) electrons. The fourth-order valence-corrected chi connectivity index (χ4v) is 1.46. The van der Waals surface area contributed by atoms with Crippen LogP contribution in [0.3, 0.4) is 0 Å². The van der Waals surface area contributed by atoms with Crippen molar-refractivity contribution < 1.29 is 22.8 Å². The number of primary amides is 1. The molecule has 6 heteroatoms. The second-order valence-electron chi connectivity index (χ2n) is 3.98. The number of carbonyl (C=O) groups is 2. The van der Waals surface area contributed by atoms with Crippen molar-refractivity contribution in [2.24, 2.45) is 5.73 Å². The highest BCUT2D eigenvalue weighted by Gasteiger charge is 2.31. The summed E-state index contributed by atoms with van der Waals surface area (Å²) >= 11 is 0. The van der Waals surface area contributed by atoms with Gasteiger partial charge in [0.05, 0.1) is 5.56 Å². The van der Waals surface area contributed by atoms with Crippen LogP contribution < -0.4 is 5.73 Å². The molecule has 0 aliphatic heterocycles. The Balaban J connectivity index is 3.14. The molecule has 0 aliphatic rings. The van der Waals surface area contributed by atoms with Gasteiger partial charge in [0, 0.05) is 12.0 Å². The first-order chi connectivity index (χ1) is 8.20. The molecule has 0 fully saturated rings. The monoisotopic (exact) mass is 259 g/mol. The lowest BCUT2D eigenvalue weighted by molar-refractivity contribution is -0.137. The molecule has 1 rings (SSSR count). The molecule has 2 N–H and O–H groups in total. The lowest BCUT2D eigenvalue weighted by atomic mass is 10.0. The molecule has 1 aromatic carbocycles. The van der Waals surface area contributed by atoms with Crippen LogP contribution in [0.5, 0.6) is 0 Å². The van der Waals surface area contributed by atoms with Gasteiger partial charge in [-0.15, -0.1) is 0 Å². The minimum absolute atomic E-state index is 0.125. The minimum Gasteiger partial charge on any atom is -0.366 e. The van der Waals surface area contributed by atoms with Gasteiger partial charge < -0.3 is 10.5 Å². The van der Waals surface area contributed by atoms with Crippen LogP contribution in [-0.4, -0.2) is 11.7 Å². The van der Waals surface area contributed by atoms with Gasteiger partial charge in [-0.2, -0.15) is 13.2 Å². The summed E-state index contributed by atoms with van der Waals surface area (Å²) in [6.45, 7) is 1.35. The Labute approximate surface area is 102 Å². The minimum atomic E-state index is -4.55. The number of ketones is 1. The molecule has 0 saturated heterocycles. The number of benzene rings is 1. The number of carbonyl (C=O) groups excluding carboxylic acids is 2. The van der Waals surface area contributed by atoms with Gasteiger partial charge in [0.2, 0.25) is 5.91 Å². The second-order valence-corrected chi connectivity index (χ2v) is 3.98. The standard InChI is InChI=1S/C12H12F3NO2/c1-7(17)2-3-8-4-9(11(16)18)6-10(5-8)12(13,14)15/h4-6H,2-3H2,1H3,(H2,16,18). The fraction of sp³-hybridized carbons (Fsp3) is 0.333.